The number of anilines is 2. The first-order valence-corrected chi connectivity index (χ1v) is 11.1. The van der Waals surface area contributed by atoms with Crippen LogP contribution < -0.4 is 10.0 Å². The van der Waals surface area contributed by atoms with E-state index in [-0.39, 0.29) is 28.9 Å². The molecule has 0 saturated carbocycles. The smallest absolute Gasteiger partial charge is 0.263 e. The number of aromatic nitrogens is 1. The Morgan fingerprint density at radius 1 is 1.21 bits per heavy atom. The summed E-state index contributed by atoms with van der Waals surface area (Å²) in [5, 5.41) is 2.90. The van der Waals surface area contributed by atoms with Crippen LogP contribution in [-0.4, -0.2) is 53.6 Å². The summed E-state index contributed by atoms with van der Waals surface area (Å²) in [5.41, 5.74) is 0.445. The first-order chi connectivity index (χ1) is 13.9. The first kappa shape index (κ1) is 19.4. The van der Waals surface area contributed by atoms with Crippen molar-refractivity contribution in [3.05, 3.63) is 48.7 Å². The number of carbonyl (C=O) groups excluding carboxylic acids is 2. The number of benzene rings is 1. The first-order valence-electron chi connectivity index (χ1n) is 8.79. The van der Waals surface area contributed by atoms with Crippen molar-refractivity contribution in [2.24, 2.45) is 4.99 Å². The summed E-state index contributed by atoms with van der Waals surface area (Å²) < 4.78 is 27.2. The molecule has 2 aromatic rings. The highest BCUT2D eigenvalue weighted by atomic mass is 32.2. The van der Waals surface area contributed by atoms with E-state index >= 15 is 0 Å². The maximum atomic E-state index is 12.4. The number of nitrogens with zero attached hydrogens (tertiary/aromatic N) is 3. The van der Waals surface area contributed by atoms with Crippen molar-refractivity contribution in [3.8, 4) is 0 Å². The molecule has 2 amide bonds. The summed E-state index contributed by atoms with van der Waals surface area (Å²) in [6.07, 6.45) is 1.51. The summed E-state index contributed by atoms with van der Waals surface area (Å²) in [7, 11) is -3.79. The second-order valence-electron chi connectivity index (χ2n) is 6.36. The molecule has 9 nitrogen and oxygen atoms in total. The van der Waals surface area contributed by atoms with Gasteiger partial charge < -0.3 is 5.32 Å². The molecule has 0 aliphatic carbocycles. The highest BCUT2D eigenvalue weighted by Gasteiger charge is 2.40. The van der Waals surface area contributed by atoms with E-state index in [0.717, 1.165) is 0 Å². The molecule has 1 unspecified atom stereocenters. The molecular formula is C18H17N5O4S2. The van der Waals surface area contributed by atoms with Crippen molar-refractivity contribution in [2.45, 2.75) is 16.6 Å². The van der Waals surface area contributed by atoms with E-state index < -0.39 is 15.3 Å². The monoisotopic (exact) mass is 431 g/mol. The van der Waals surface area contributed by atoms with Crippen molar-refractivity contribution in [1.82, 2.24) is 9.88 Å². The summed E-state index contributed by atoms with van der Waals surface area (Å²) in [6.45, 7) is 1.18. The normalized spacial score (nSPS) is 18.3. The molecule has 1 aromatic carbocycles. The van der Waals surface area contributed by atoms with Gasteiger partial charge in [-0.1, -0.05) is 17.8 Å². The van der Waals surface area contributed by atoms with Crippen LogP contribution in [0.4, 0.5) is 11.5 Å². The number of sulfonamides is 1. The molecule has 1 atom stereocenters. The van der Waals surface area contributed by atoms with Gasteiger partial charge in [-0.3, -0.25) is 24.2 Å². The fourth-order valence-electron chi connectivity index (χ4n) is 2.93. The van der Waals surface area contributed by atoms with Gasteiger partial charge in [0.1, 0.15) is 11.1 Å². The average molecular weight is 431 g/mol. The highest BCUT2D eigenvalue weighted by molar-refractivity contribution is 8.15. The number of amidine groups is 1. The number of carbonyl (C=O) groups is 2. The van der Waals surface area contributed by atoms with Gasteiger partial charge in [-0.05, 0) is 36.4 Å². The van der Waals surface area contributed by atoms with Crippen molar-refractivity contribution in [2.75, 3.05) is 23.1 Å². The number of hydrogen-bond donors (Lipinski definition) is 2. The van der Waals surface area contributed by atoms with Crippen LogP contribution in [0.25, 0.3) is 0 Å². The van der Waals surface area contributed by atoms with Gasteiger partial charge in [-0.15, -0.1) is 0 Å². The Morgan fingerprint density at radius 2 is 2.00 bits per heavy atom. The number of rotatable bonds is 6. The fraction of sp³-hybridized carbons (Fsp3) is 0.222. The van der Waals surface area contributed by atoms with Gasteiger partial charge in [0.25, 0.3) is 10.0 Å². The van der Waals surface area contributed by atoms with Gasteiger partial charge in [0, 0.05) is 24.8 Å². The summed E-state index contributed by atoms with van der Waals surface area (Å²) in [5.74, 6) is -0.197. The van der Waals surface area contributed by atoms with Crippen LogP contribution in [-0.2, 0) is 19.6 Å². The van der Waals surface area contributed by atoms with Crippen molar-refractivity contribution in [3.63, 3.8) is 0 Å². The lowest BCUT2D eigenvalue weighted by molar-refractivity contribution is -0.127. The summed E-state index contributed by atoms with van der Waals surface area (Å²) in [4.78, 5) is 34.4. The Balaban J connectivity index is 1.37. The van der Waals surface area contributed by atoms with Crippen molar-refractivity contribution < 1.29 is 18.0 Å². The molecule has 29 heavy (non-hydrogen) atoms. The predicted octanol–water partition coefficient (Wildman–Crippen LogP) is 1.52. The van der Waals surface area contributed by atoms with Crippen LogP contribution >= 0.6 is 11.8 Å². The van der Waals surface area contributed by atoms with Gasteiger partial charge in [0.05, 0.1) is 11.4 Å². The number of fused-ring (bicyclic) bond motifs is 1. The minimum Gasteiger partial charge on any atom is -0.326 e. The van der Waals surface area contributed by atoms with E-state index in [1.165, 1.54) is 42.2 Å². The van der Waals surface area contributed by atoms with E-state index in [1.807, 2.05) is 0 Å². The third-order valence-corrected chi connectivity index (χ3v) is 6.90. The number of hydrogen-bond acceptors (Lipinski definition) is 7. The molecular weight excluding hydrogens is 414 g/mol. The van der Waals surface area contributed by atoms with E-state index in [9.17, 15) is 18.0 Å². The van der Waals surface area contributed by atoms with Crippen LogP contribution in [0.1, 0.15) is 6.42 Å². The van der Waals surface area contributed by atoms with Gasteiger partial charge in [0.15, 0.2) is 5.17 Å². The number of aliphatic imine (C=N–C) groups is 1. The average Bonchev–Trinajstić information content (AvgIpc) is 3.26. The predicted molar refractivity (Wildman–Crippen MR) is 110 cm³/mol. The molecule has 4 rings (SSSR count). The molecule has 150 valence electrons. The van der Waals surface area contributed by atoms with Gasteiger partial charge in [-0.2, -0.15) is 0 Å². The summed E-state index contributed by atoms with van der Waals surface area (Å²) in [6, 6.07) is 10.7. The van der Waals surface area contributed by atoms with Crippen LogP contribution in [0.15, 0.2) is 58.5 Å². The molecule has 3 heterocycles. The van der Waals surface area contributed by atoms with Crippen molar-refractivity contribution >= 4 is 50.3 Å². The molecule has 11 heteroatoms. The van der Waals surface area contributed by atoms with Gasteiger partial charge in [-0.25, -0.2) is 13.4 Å². The number of pyridine rings is 1. The standard InChI is InChI=1S/C18H17N5O4S2/c24-16(11-14-17(25)23-10-9-20-18(23)28-14)21-12-4-6-13(7-5-12)29(26,27)22-15-3-1-2-8-19-15/h1-8,14H,9-11H2,(H,19,22)(H,21,24). The topological polar surface area (TPSA) is 121 Å². The van der Waals surface area contributed by atoms with E-state index in [0.29, 0.717) is 23.9 Å². The summed E-state index contributed by atoms with van der Waals surface area (Å²) >= 11 is 1.31. The van der Waals surface area contributed by atoms with Crippen LogP contribution in [0.3, 0.4) is 0 Å². The molecule has 2 aliphatic rings. The molecule has 1 saturated heterocycles. The Kier molecular flexibility index (Phi) is 5.24. The van der Waals surface area contributed by atoms with Crippen LogP contribution in [0.5, 0.6) is 0 Å². The van der Waals surface area contributed by atoms with Gasteiger partial charge in [0.2, 0.25) is 11.8 Å². The lowest BCUT2D eigenvalue weighted by atomic mass is 10.2. The molecule has 2 N–H and O–H groups in total. The highest BCUT2D eigenvalue weighted by Crippen LogP contribution is 2.31. The SMILES string of the molecule is O=C(CC1SC2=NCCN2C1=O)Nc1ccc(S(=O)(=O)Nc2ccccn2)cc1. The molecule has 1 aromatic heterocycles. The zero-order valence-corrected chi connectivity index (χ0v) is 16.7. The Hall–Kier alpha value is -2.92. The minimum absolute atomic E-state index is 0.0281. The van der Waals surface area contributed by atoms with E-state index in [4.69, 9.17) is 0 Å². The number of amides is 2. The maximum Gasteiger partial charge on any atom is 0.263 e. The van der Waals surface area contributed by atoms with E-state index in [1.54, 1.807) is 23.1 Å². The number of thioether (sulfide) groups is 1. The van der Waals surface area contributed by atoms with Gasteiger partial charge >= 0.3 is 0 Å². The molecule has 0 bridgehead atoms. The Bertz CT molecular complexity index is 1070. The lowest BCUT2D eigenvalue weighted by Gasteiger charge is -2.11. The fourth-order valence-corrected chi connectivity index (χ4v) is 5.13. The zero-order valence-electron chi connectivity index (χ0n) is 15.1. The largest absolute Gasteiger partial charge is 0.326 e. The van der Waals surface area contributed by atoms with E-state index in [2.05, 4.69) is 20.0 Å². The Labute approximate surface area is 171 Å². The molecule has 0 radical (unpaired) electrons. The quantitative estimate of drug-likeness (QED) is 0.715. The van der Waals surface area contributed by atoms with Crippen LogP contribution in [0, 0.1) is 0 Å². The molecule has 2 aliphatic heterocycles. The zero-order chi connectivity index (χ0) is 20.4. The molecule has 0 spiro atoms. The second-order valence-corrected chi connectivity index (χ2v) is 9.21. The van der Waals surface area contributed by atoms with Crippen LogP contribution in [0.2, 0.25) is 0 Å². The lowest BCUT2D eigenvalue weighted by Crippen LogP contribution is -2.32. The maximum absolute atomic E-state index is 12.4. The van der Waals surface area contributed by atoms with Crippen molar-refractivity contribution in [1.29, 1.82) is 0 Å². The third kappa shape index (κ3) is 4.25. The third-order valence-electron chi connectivity index (χ3n) is 4.31. The Morgan fingerprint density at radius 3 is 2.69 bits per heavy atom. The second kappa shape index (κ2) is 7.84. The molecule has 1 fully saturated rings. The number of nitrogens with one attached hydrogen (secondary N) is 2. The minimum atomic E-state index is -3.79.